The van der Waals surface area contributed by atoms with Crippen LogP contribution in [0.1, 0.15) is 24.0 Å². The first-order chi connectivity index (χ1) is 17.1. The number of aliphatic hydroxyl groups is 1. The van der Waals surface area contributed by atoms with Gasteiger partial charge in [0.1, 0.15) is 0 Å². The molecule has 7 nitrogen and oxygen atoms in total. The maximum atomic E-state index is 13.2. The summed E-state index contributed by atoms with van der Waals surface area (Å²) in [5.41, 5.74) is 6.53. The second-order valence-corrected chi connectivity index (χ2v) is 9.81. The van der Waals surface area contributed by atoms with Crippen LogP contribution in [0.4, 0.5) is 5.69 Å². The summed E-state index contributed by atoms with van der Waals surface area (Å²) in [7, 11) is 0. The minimum absolute atomic E-state index is 0.0884. The molecule has 1 spiro atoms. The Morgan fingerprint density at radius 2 is 2.00 bits per heavy atom. The Morgan fingerprint density at radius 3 is 2.77 bits per heavy atom. The van der Waals surface area contributed by atoms with Gasteiger partial charge in [0.05, 0.1) is 28.4 Å². The van der Waals surface area contributed by atoms with Gasteiger partial charge in [0.15, 0.2) is 5.82 Å². The summed E-state index contributed by atoms with van der Waals surface area (Å²) >= 11 is 0. The van der Waals surface area contributed by atoms with Crippen molar-refractivity contribution in [2.45, 2.75) is 19.4 Å². The van der Waals surface area contributed by atoms with Crippen molar-refractivity contribution in [2.75, 3.05) is 18.1 Å². The topological polar surface area (TPSA) is 87.1 Å². The van der Waals surface area contributed by atoms with E-state index in [2.05, 4.69) is 44.6 Å². The van der Waals surface area contributed by atoms with Crippen molar-refractivity contribution in [1.29, 1.82) is 5.26 Å². The molecule has 1 saturated heterocycles. The number of imidazole rings is 1. The van der Waals surface area contributed by atoms with Gasteiger partial charge >= 0.3 is 0 Å². The van der Waals surface area contributed by atoms with Crippen molar-refractivity contribution in [3.63, 3.8) is 0 Å². The number of nitrogens with zero attached hydrogens (tertiary/aromatic N) is 5. The Hall–Kier alpha value is -4.15. The Morgan fingerprint density at radius 1 is 1.14 bits per heavy atom. The Bertz CT molecular complexity index is 1540. The zero-order valence-corrected chi connectivity index (χ0v) is 19.1. The normalized spacial score (nSPS) is 21.9. The van der Waals surface area contributed by atoms with E-state index in [0.29, 0.717) is 18.7 Å². The minimum atomic E-state index is -0.345. The molecular formula is C28H23N5O2. The molecule has 0 bridgehead atoms. The van der Waals surface area contributed by atoms with Crippen LogP contribution in [0.3, 0.4) is 0 Å². The summed E-state index contributed by atoms with van der Waals surface area (Å²) in [6.07, 6.45) is 7.53. The molecule has 4 aromatic rings. The van der Waals surface area contributed by atoms with E-state index in [1.807, 2.05) is 47.6 Å². The van der Waals surface area contributed by atoms with Crippen LogP contribution in [0.5, 0.6) is 0 Å². The van der Waals surface area contributed by atoms with Crippen molar-refractivity contribution in [3.8, 4) is 34.4 Å². The van der Waals surface area contributed by atoms with Gasteiger partial charge in [-0.05, 0) is 66.3 Å². The summed E-state index contributed by atoms with van der Waals surface area (Å²) < 4.78 is 4.31. The molecule has 2 atom stereocenters. The Balaban J connectivity index is 1.28. The average molecular weight is 462 g/mol. The molecule has 0 unspecified atom stereocenters. The van der Waals surface area contributed by atoms with Crippen LogP contribution in [0.25, 0.3) is 28.3 Å². The lowest BCUT2D eigenvalue weighted by Gasteiger charge is -2.20. The van der Waals surface area contributed by atoms with E-state index in [4.69, 9.17) is 5.26 Å². The molecule has 7 rings (SSSR count). The average Bonchev–Trinajstić information content (AvgIpc) is 3.14. The number of rotatable bonds is 3. The fraction of sp³-hybridized carbons (Fsp3) is 0.250. The number of amides is 1. The molecule has 35 heavy (non-hydrogen) atoms. The van der Waals surface area contributed by atoms with E-state index in [9.17, 15) is 9.90 Å². The second kappa shape index (κ2) is 7.17. The van der Waals surface area contributed by atoms with Gasteiger partial charge in [0.2, 0.25) is 5.91 Å². The zero-order chi connectivity index (χ0) is 23.7. The SMILES string of the molecule is N#Cc1ccc(-c2cc3n(c2)Cc2cc(N4CC[C@@]5(C[C@@H]5CO)C4=O)ccc2-n2ccnc2-3)cc1. The van der Waals surface area contributed by atoms with Gasteiger partial charge in [-0.2, -0.15) is 5.26 Å². The summed E-state index contributed by atoms with van der Waals surface area (Å²) in [5.74, 6) is 1.13. The predicted octanol–water partition coefficient (Wildman–Crippen LogP) is 3.98. The number of carbonyl (C=O) groups is 1. The first kappa shape index (κ1) is 20.2. The molecule has 2 aromatic heterocycles. The minimum Gasteiger partial charge on any atom is -0.396 e. The van der Waals surface area contributed by atoms with Crippen LogP contribution >= 0.6 is 0 Å². The highest BCUT2D eigenvalue weighted by atomic mass is 16.3. The van der Waals surface area contributed by atoms with Crippen LogP contribution < -0.4 is 4.90 Å². The van der Waals surface area contributed by atoms with Crippen molar-refractivity contribution < 1.29 is 9.90 Å². The number of aliphatic hydroxyl groups excluding tert-OH is 1. The highest BCUT2D eigenvalue weighted by molar-refractivity contribution is 6.02. The van der Waals surface area contributed by atoms with E-state index < -0.39 is 0 Å². The standard InChI is InChI=1S/C28H23N5O2/c29-14-18-1-3-19(4-2-18)20-12-25-26-30-8-10-33(26)24-6-5-23(11-21(24)16-31(25)15-20)32-9-7-28(27(32)35)13-22(28)17-34/h1-6,8,10-12,15,22,34H,7,9,13,16-17H2/t22-,28+/m1/s1. The number of hydrogen-bond acceptors (Lipinski definition) is 4. The molecular weight excluding hydrogens is 438 g/mol. The molecule has 172 valence electrons. The number of fused-ring (bicyclic) bond motifs is 5. The number of nitriles is 1. The third-order valence-corrected chi connectivity index (χ3v) is 7.99. The van der Waals surface area contributed by atoms with Gasteiger partial charge in [0, 0.05) is 49.5 Å². The van der Waals surface area contributed by atoms with E-state index >= 15 is 0 Å². The first-order valence-electron chi connectivity index (χ1n) is 11.9. The first-order valence-corrected chi connectivity index (χ1v) is 11.9. The van der Waals surface area contributed by atoms with Gasteiger partial charge < -0.3 is 14.6 Å². The maximum absolute atomic E-state index is 13.2. The molecule has 2 aromatic carbocycles. The fourth-order valence-electron chi connectivity index (χ4n) is 5.92. The van der Waals surface area contributed by atoms with E-state index in [-0.39, 0.29) is 23.8 Å². The van der Waals surface area contributed by atoms with Crippen molar-refractivity contribution in [3.05, 3.63) is 78.2 Å². The monoisotopic (exact) mass is 461 g/mol. The molecule has 4 heterocycles. The smallest absolute Gasteiger partial charge is 0.233 e. The lowest BCUT2D eigenvalue weighted by Crippen LogP contribution is -2.29. The maximum Gasteiger partial charge on any atom is 0.233 e. The third kappa shape index (κ3) is 2.87. The predicted molar refractivity (Wildman–Crippen MR) is 131 cm³/mol. The highest BCUT2D eigenvalue weighted by Crippen LogP contribution is 2.59. The molecule has 7 heteroatoms. The van der Waals surface area contributed by atoms with Crippen LogP contribution in [0.15, 0.2) is 67.1 Å². The molecule has 2 fully saturated rings. The van der Waals surface area contributed by atoms with Crippen LogP contribution in [0, 0.1) is 22.7 Å². The molecule has 3 aliphatic rings. The number of carbonyl (C=O) groups excluding carboxylic acids is 1. The van der Waals surface area contributed by atoms with Crippen LogP contribution in [-0.2, 0) is 11.3 Å². The van der Waals surface area contributed by atoms with E-state index in [1.165, 1.54) is 0 Å². The third-order valence-electron chi connectivity index (χ3n) is 7.99. The summed E-state index contributed by atoms with van der Waals surface area (Å²) in [6.45, 7) is 1.44. The largest absolute Gasteiger partial charge is 0.396 e. The number of anilines is 1. The quantitative estimate of drug-likeness (QED) is 0.440. The molecule has 1 aliphatic carbocycles. The molecule has 2 aliphatic heterocycles. The van der Waals surface area contributed by atoms with Gasteiger partial charge in [0.25, 0.3) is 0 Å². The van der Waals surface area contributed by atoms with Gasteiger partial charge in [-0.3, -0.25) is 9.36 Å². The summed E-state index contributed by atoms with van der Waals surface area (Å²) in [5, 5.41) is 18.7. The fourth-order valence-corrected chi connectivity index (χ4v) is 5.92. The van der Waals surface area contributed by atoms with Gasteiger partial charge in [-0.25, -0.2) is 4.98 Å². The second-order valence-electron chi connectivity index (χ2n) is 9.81. The molecule has 1 saturated carbocycles. The van der Waals surface area contributed by atoms with Crippen LogP contribution in [0.2, 0.25) is 0 Å². The van der Waals surface area contributed by atoms with Crippen LogP contribution in [-0.4, -0.2) is 38.3 Å². The van der Waals surface area contributed by atoms with Gasteiger partial charge in [-0.15, -0.1) is 0 Å². The van der Waals surface area contributed by atoms with Crippen molar-refractivity contribution >= 4 is 11.6 Å². The zero-order valence-electron chi connectivity index (χ0n) is 19.1. The molecule has 1 amide bonds. The Kier molecular flexibility index (Phi) is 4.15. The van der Waals surface area contributed by atoms with E-state index in [0.717, 1.165) is 52.4 Å². The lowest BCUT2D eigenvalue weighted by molar-refractivity contribution is -0.122. The number of hydrogen-bond donors (Lipinski definition) is 1. The number of aromatic nitrogens is 3. The number of benzene rings is 2. The molecule has 0 radical (unpaired) electrons. The van der Waals surface area contributed by atoms with Crippen molar-refractivity contribution in [2.24, 2.45) is 11.3 Å². The summed E-state index contributed by atoms with van der Waals surface area (Å²) in [4.78, 5) is 19.8. The van der Waals surface area contributed by atoms with E-state index in [1.54, 1.807) is 0 Å². The lowest BCUT2D eigenvalue weighted by atomic mass is 10.0. The van der Waals surface area contributed by atoms with Crippen molar-refractivity contribution in [1.82, 2.24) is 14.1 Å². The Labute approximate surface area is 202 Å². The summed E-state index contributed by atoms with van der Waals surface area (Å²) in [6, 6.07) is 18.2. The highest BCUT2D eigenvalue weighted by Gasteiger charge is 2.63. The van der Waals surface area contributed by atoms with Gasteiger partial charge in [-0.1, -0.05) is 12.1 Å². The molecule has 1 N–H and O–H groups in total.